The summed E-state index contributed by atoms with van der Waals surface area (Å²) in [5.41, 5.74) is 4.26. The van der Waals surface area contributed by atoms with Crippen LogP contribution in [0.2, 0.25) is 0 Å². The Kier molecular flexibility index (Phi) is 5.98. The molecule has 2 aromatic carbocycles. The Balaban J connectivity index is 1.47. The lowest BCUT2D eigenvalue weighted by atomic mass is 9.96. The fraction of sp³-hybridized carbons (Fsp3) is 0.261. The first-order valence-corrected chi connectivity index (χ1v) is 10.6. The van der Waals surface area contributed by atoms with Crippen molar-refractivity contribution in [3.05, 3.63) is 81.5 Å². The number of halogens is 1. The van der Waals surface area contributed by atoms with Crippen LogP contribution in [0.3, 0.4) is 0 Å². The fourth-order valence-electron chi connectivity index (χ4n) is 3.64. The van der Waals surface area contributed by atoms with Gasteiger partial charge >= 0.3 is 0 Å². The number of hydrogen-bond donors (Lipinski definition) is 2. The second-order valence-corrected chi connectivity index (χ2v) is 8.46. The summed E-state index contributed by atoms with van der Waals surface area (Å²) in [6.07, 6.45) is 2.17. The minimum atomic E-state index is -0.431. The van der Waals surface area contributed by atoms with Crippen LogP contribution in [0.1, 0.15) is 30.0 Å². The second kappa shape index (κ2) is 8.82. The Labute approximate surface area is 184 Å². The number of carbonyl (C=O) groups excluding carboxylic acids is 1. The summed E-state index contributed by atoms with van der Waals surface area (Å²) in [7, 11) is 0. The van der Waals surface area contributed by atoms with E-state index in [2.05, 4.69) is 44.5 Å². The smallest absolute Gasteiger partial charge is 0.257 e. The van der Waals surface area contributed by atoms with Gasteiger partial charge in [-0.05, 0) is 42.3 Å². The van der Waals surface area contributed by atoms with Crippen molar-refractivity contribution in [3.63, 3.8) is 0 Å². The number of fused-ring (bicyclic) bond motifs is 1. The Hall–Kier alpha value is -2.95. The summed E-state index contributed by atoms with van der Waals surface area (Å²) in [5.74, 6) is -0.115. The van der Waals surface area contributed by atoms with Gasteiger partial charge in [0, 0.05) is 36.2 Å². The lowest BCUT2D eigenvalue weighted by molar-refractivity contribution is -0.118. The van der Waals surface area contributed by atoms with Crippen LogP contribution in [0.25, 0.3) is 0 Å². The van der Waals surface area contributed by atoms with Gasteiger partial charge in [-0.15, -0.1) is 0 Å². The van der Waals surface area contributed by atoms with Gasteiger partial charge < -0.3 is 10.2 Å². The highest BCUT2D eigenvalue weighted by Crippen LogP contribution is 2.24. The van der Waals surface area contributed by atoms with Crippen molar-refractivity contribution in [1.82, 2.24) is 15.5 Å². The Morgan fingerprint density at radius 3 is 2.83 bits per heavy atom. The molecular formula is C23H22BrN5O. The third-order valence-corrected chi connectivity index (χ3v) is 5.82. The molecule has 1 amide bonds. The molecule has 2 atom stereocenters. The van der Waals surface area contributed by atoms with Gasteiger partial charge in [-0.1, -0.05) is 40.2 Å². The van der Waals surface area contributed by atoms with E-state index in [0.717, 1.165) is 21.3 Å². The molecule has 0 spiro atoms. The van der Waals surface area contributed by atoms with E-state index in [0.29, 0.717) is 30.6 Å². The normalized spacial score (nSPS) is 20.6. The lowest BCUT2D eigenvalue weighted by Crippen LogP contribution is -2.51. The van der Waals surface area contributed by atoms with Crippen LogP contribution in [-0.2, 0) is 17.9 Å². The summed E-state index contributed by atoms with van der Waals surface area (Å²) in [5, 5.41) is 15.3. The van der Waals surface area contributed by atoms with Crippen LogP contribution < -0.4 is 10.6 Å². The maximum absolute atomic E-state index is 12.7. The summed E-state index contributed by atoms with van der Waals surface area (Å²) >= 11 is 3.43. The van der Waals surface area contributed by atoms with E-state index in [1.807, 2.05) is 48.7 Å². The molecule has 7 heteroatoms. The quantitative estimate of drug-likeness (QED) is 0.711. The fourth-order valence-corrected chi connectivity index (χ4v) is 3.91. The van der Waals surface area contributed by atoms with Crippen molar-refractivity contribution in [3.8, 4) is 6.07 Å². The van der Waals surface area contributed by atoms with Gasteiger partial charge in [-0.25, -0.2) is 4.99 Å². The topological polar surface area (TPSA) is 80.5 Å². The second-order valence-electron chi connectivity index (χ2n) is 7.54. The number of carbonyl (C=O) groups is 1. The molecule has 2 aliphatic rings. The summed E-state index contributed by atoms with van der Waals surface area (Å²) in [4.78, 5) is 19.6. The van der Waals surface area contributed by atoms with Crippen molar-refractivity contribution >= 4 is 27.5 Å². The number of hydrogen-bond acceptors (Lipinski definition) is 5. The highest BCUT2D eigenvalue weighted by atomic mass is 79.9. The molecule has 0 aliphatic carbocycles. The maximum atomic E-state index is 12.7. The molecule has 0 radical (unpaired) electrons. The van der Waals surface area contributed by atoms with E-state index in [-0.39, 0.29) is 11.9 Å². The first-order valence-electron chi connectivity index (χ1n) is 9.84. The van der Waals surface area contributed by atoms with Gasteiger partial charge in [0.25, 0.3) is 5.91 Å². The first kappa shape index (κ1) is 20.3. The molecule has 2 aromatic rings. The third-order valence-electron chi connectivity index (χ3n) is 5.29. The zero-order valence-corrected chi connectivity index (χ0v) is 18.2. The minimum absolute atomic E-state index is 0.115. The summed E-state index contributed by atoms with van der Waals surface area (Å²) in [6.45, 7) is 3.39. The number of benzene rings is 2. The monoisotopic (exact) mass is 463 g/mol. The van der Waals surface area contributed by atoms with E-state index >= 15 is 0 Å². The number of nitrogens with one attached hydrogen (secondary N) is 2. The van der Waals surface area contributed by atoms with Crippen LogP contribution in [0, 0.1) is 11.3 Å². The Bertz CT molecular complexity index is 1050. The van der Waals surface area contributed by atoms with Gasteiger partial charge in [0.15, 0.2) is 6.29 Å². The first-order chi connectivity index (χ1) is 14.5. The van der Waals surface area contributed by atoms with Crippen LogP contribution in [0.15, 0.2) is 69.8 Å². The molecule has 0 saturated carbocycles. The summed E-state index contributed by atoms with van der Waals surface area (Å²) in [6, 6.07) is 18.0. The molecule has 1 unspecified atom stereocenters. The SMILES string of the molecule is C[C@@H]1CC2=NC(NCc3ccc(Br)cc3)NC(=O)C2=CN1Cc1cccc(C#N)c1. The van der Waals surface area contributed by atoms with Crippen molar-refractivity contribution in [1.29, 1.82) is 5.26 Å². The van der Waals surface area contributed by atoms with E-state index in [1.165, 1.54) is 0 Å². The maximum Gasteiger partial charge on any atom is 0.257 e. The summed E-state index contributed by atoms with van der Waals surface area (Å²) < 4.78 is 1.03. The number of aliphatic imine (C=N–C) groups is 1. The molecule has 0 saturated heterocycles. The number of nitrogens with zero attached hydrogens (tertiary/aromatic N) is 3. The highest BCUT2D eigenvalue weighted by Gasteiger charge is 2.32. The van der Waals surface area contributed by atoms with Crippen molar-refractivity contribution in [2.75, 3.05) is 0 Å². The van der Waals surface area contributed by atoms with E-state index in [4.69, 9.17) is 10.3 Å². The standard InChI is InChI=1S/C23H22BrN5O/c1-15-9-21-20(14-29(15)13-18-4-2-3-17(10-18)11-25)22(30)28-23(27-21)26-12-16-5-7-19(24)8-6-16/h2-8,10,14-15,23,26H,9,12-13H2,1H3,(H,28,30)/t15-,23?/m1/s1. The van der Waals surface area contributed by atoms with Gasteiger partial charge in [0.1, 0.15) is 0 Å². The van der Waals surface area contributed by atoms with Gasteiger partial charge in [-0.3, -0.25) is 10.1 Å². The molecule has 2 aliphatic heterocycles. The predicted molar refractivity (Wildman–Crippen MR) is 119 cm³/mol. The van der Waals surface area contributed by atoms with Crippen molar-refractivity contribution < 1.29 is 4.79 Å². The van der Waals surface area contributed by atoms with Gasteiger partial charge in [0.2, 0.25) is 0 Å². The van der Waals surface area contributed by atoms with E-state index in [9.17, 15) is 4.79 Å². The minimum Gasteiger partial charge on any atom is -0.369 e. The molecule has 0 aromatic heterocycles. The van der Waals surface area contributed by atoms with Crippen molar-refractivity contribution in [2.24, 2.45) is 4.99 Å². The highest BCUT2D eigenvalue weighted by molar-refractivity contribution is 9.10. The molecule has 30 heavy (non-hydrogen) atoms. The number of nitriles is 1. The largest absolute Gasteiger partial charge is 0.369 e. The molecule has 4 rings (SSSR count). The molecule has 152 valence electrons. The number of amides is 1. The van der Waals surface area contributed by atoms with E-state index in [1.54, 1.807) is 6.07 Å². The molecule has 0 fully saturated rings. The van der Waals surface area contributed by atoms with Crippen LogP contribution >= 0.6 is 15.9 Å². The zero-order chi connectivity index (χ0) is 21.1. The van der Waals surface area contributed by atoms with Gasteiger partial charge in [0.05, 0.1) is 22.9 Å². The molecule has 2 heterocycles. The molecule has 6 nitrogen and oxygen atoms in total. The predicted octanol–water partition coefficient (Wildman–Crippen LogP) is 3.44. The Morgan fingerprint density at radius 1 is 1.27 bits per heavy atom. The molecule has 0 bridgehead atoms. The van der Waals surface area contributed by atoms with Gasteiger partial charge in [-0.2, -0.15) is 5.26 Å². The van der Waals surface area contributed by atoms with E-state index < -0.39 is 6.29 Å². The molecular weight excluding hydrogens is 442 g/mol. The van der Waals surface area contributed by atoms with Crippen molar-refractivity contribution in [2.45, 2.75) is 38.8 Å². The van der Waals surface area contributed by atoms with Crippen LogP contribution in [-0.4, -0.2) is 28.9 Å². The van der Waals surface area contributed by atoms with Crippen LogP contribution in [0.5, 0.6) is 0 Å². The molecule has 2 N–H and O–H groups in total. The number of rotatable bonds is 5. The zero-order valence-electron chi connectivity index (χ0n) is 16.6. The van der Waals surface area contributed by atoms with Crippen LogP contribution in [0.4, 0.5) is 0 Å². The lowest BCUT2D eigenvalue weighted by Gasteiger charge is -2.36. The third kappa shape index (κ3) is 4.61. The average molecular weight is 464 g/mol. The average Bonchev–Trinajstić information content (AvgIpc) is 2.74. The Morgan fingerprint density at radius 2 is 2.07 bits per heavy atom.